The number of ether oxygens (including phenoxy) is 1. The highest BCUT2D eigenvalue weighted by atomic mass is 16.6. The number of amides is 4. The zero-order chi connectivity index (χ0) is 26.1. The van der Waals surface area contributed by atoms with Crippen LogP contribution in [0.15, 0.2) is 60.2 Å². The number of nitro groups is 1. The lowest BCUT2D eigenvalue weighted by Gasteiger charge is -2.35. The minimum Gasteiger partial charge on any atom is -0.423 e. The Balaban J connectivity index is 1.35. The van der Waals surface area contributed by atoms with Crippen molar-refractivity contribution in [3.8, 4) is 5.75 Å². The average molecular weight is 501 g/mol. The fourth-order valence-electron chi connectivity index (χ4n) is 5.40. The predicted octanol–water partition coefficient (Wildman–Crippen LogP) is 3.86. The van der Waals surface area contributed by atoms with Crippen LogP contribution in [-0.4, -0.2) is 39.7 Å². The first kappa shape index (κ1) is 24.1. The first-order valence-corrected chi connectivity index (χ1v) is 11.9. The van der Waals surface area contributed by atoms with Gasteiger partial charge < -0.3 is 4.74 Å². The van der Waals surface area contributed by atoms with Crippen LogP contribution in [0.4, 0.5) is 10.5 Å². The van der Waals surface area contributed by atoms with Crippen LogP contribution in [0.25, 0.3) is 12.2 Å². The third-order valence-electron chi connectivity index (χ3n) is 7.09. The van der Waals surface area contributed by atoms with Crippen molar-refractivity contribution in [1.29, 1.82) is 0 Å². The number of fused-ring (bicyclic) bond motifs is 2. The fraction of sp³-hybridized carbons (Fsp3) is 0.259. The second-order valence-corrected chi connectivity index (χ2v) is 9.38. The van der Waals surface area contributed by atoms with Crippen molar-refractivity contribution in [2.75, 3.05) is 0 Å². The van der Waals surface area contributed by atoms with E-state index in [9.17, 15) is 29.3 Å². The Morgan fingerprint density at radius 2 is 1.89 bits per heavy atom. The van der Waals surface area contributed by atoms with Gasteiger partial charge in [-0.2, -0.15) is 0 Å². The molecule has 188 valence electrons. The van der Waals surface area contributed by atoms with E-state index in [4.69, 9.17) is 4.74 Å². The Hall–Kier alpha value is -4.60. The molecule has 3 aliphatic rings. The Bertz CT molecular complexity index is 1380. The number of hydrogen-bond acceptors (Lipinski definition) is 7. The van der Waals surface area contributed by atoms with Crippen molar-refractivity contribution in [2.24, 2.45) is 11.8 Å². The first-order valence-electron chi connectivity index (χ1n) is 11.9. The van der Waals surface area contributed by atoms with Gasteiger partial charge in [-0.3, -0.25) is 29.9 Å². The highest BCUT2D eigenvalue weighted by Gasteiger charge is 2.49. The molecule has 4 amide bonds. The highest BCUT2D eigenvalue weighted by Crippen LogP contribution is 2.47. The number of imide groups is 2. The molecule has 0 aromatic heterocycles. The Morgan fingerprint density at radius 1 is 1.08 bits per heavy atom. The van der Waals surface area contributed by atoms with E-state index in [0.29, 0.717) is 17.0 Å². The molecular formula is C27H23N3O7. The SMILES string of the molecule is O=C(/C=C/c1cccc([N+](=O)[O-])c1)Oc1ccccc1/C=C1/C(=O)NC(=O)N([C@@H]2C[C@H]3CC[C@H]2C3)C1=O. The van der Waals surface area contributed by atoms with E-state index >= 15 is 0 Å². The van der Waals surface area contributed by atoms with Crippen LogP contribution in [-0.2, 0) is 14.4 Å². The normalized spacial score (nSPS) is 24.1. The summed E-state index contributed by atoms with van der Waals surface area (Å²) in [5, 5.41) is 13.2. The Labute approximate surface area is 211 Å². The van der Waals surface area contributed by atoms with Crippen molar-refractivity contribution >= 4 is 41.7 Å². The molecule has 3 fully saturated rings. The van der Waals surface area contributed by atoms with E-state index in [1.54, 1.807) is 24.3 Å². The zero-order valence-corrected chi connectivity index (χ0v) is 19.7. The molecule has 5 rings (SSSR count). The summed E-state index contributed by atoms with van der Waals surface area (Å²) in [4.78, 5) is 62.5. The van der Waals surface area contributed by atoms with E-state index in [1.807, 2.05) is 0 Å². The van der Waals surface area contributed by atoms with Crippen molar-refractivity contribution < 1.29 is 28.8 Å². The van der Waals surface area contributed by atoms with Crippen LogP contribution in [0.2, 0.25) is 0 Å². The third kappa shape index (κ3) is 4.90. The lowest BCUT2D eigenvalue weighted by atomic mass is 9.93. The number of para-hydroxylation sites is 1. The van der Waals surface area contributed by atoms with Crippen LogP contribution < -0.4 is 10.1 Å². The van der Waals surface area contributed by atoms with Gasteiger partial charge in [0.2, 0.25) is 0 Å². The Morgan fingerprint density at radius 3 is 2.62 bits per heavy atom. The number of esters is 1. The molecule has 10 heteroatoms. The minimum absolute atomic E-state index is 0.104. The lowest BCUT2D eigenvalue weighted by Crippen LogP contribution is -2.58. The largest absolute Gasteiger partial charge is 0.423 e. The number of benzene rings is 2. The number of non-ortho nitro benzene ring substituents is 1. The summed E-state index contributed by atoms with van der Waals surface area (Å²) < 4.78 is 5.42. The lowest BCUT2D eigenvalue weighted by molar-refractivity contribution is -0.384. The van der Waals surface area contributed by atoms with Gasteiger partial charge in [-0.15, -0.1) is 0 Å². The van der Waals surface area contributed by atoms with Crippen LogP contribution >= 0.6 is 0 Å². The average Bonchev–Trinajstić information content (AvgIpc) is 3.50. The molecule has 2 bridgehead atoms. The molecule has 0 spiro atoms. The smallest absolute Gasteiger partial charge is 0.336 e. The van der Waals surface area contributed by atoms with Gasteiger partial charge >= 0.3 is 12.0 Å². The fourth-order valence-corrected chi connectivity index (χ4v) is 5.40. The number of hydrogen-bond donors (Lipinski definition) is 1. The number of barbiturate groups is 1. The number of urea groups is 1. The summed E-state index contributed by atoms with van der Waals surface area (Å²) in [6, 6.07) is 11.2. The maximum absolute atomic E-state index is 13.3. The molecule has 1 saturated heterocycles. The van der Waals surface area contributed by atoms with E-state index in [-0.39, 0.29) is 29.0 Å². The maximum atomic E-state index is 13.3. The van der Waals surface area contributed by atoms with Gasteiger partial charge in [0, 0.05) is 29.8 Å². The third-order valence-corrected chi connectivity index (χ3v) is 7.09. The number of nitro benzene ring substituents is 1. The molecule has 1 aliphatic heterocycles. The predicted molar refractivity (Wildman–Crippen MR) is 132 cm³/mol. The summed E-state index contributed by atoms with van der Waals surface area (Å²) in [5.41, 5.74) is 0.427. The molecule has 1 heterocycles. The van der Waals surface area contributed by atoms with Crippen LogP contribution in [0.1, 0.15) is 36.8 Å². The van der Waals surface area contributed by atoms with Crippen LogP contribution in [0.5, 0.6) is 5.75 Å². The topological polar surface area (TPSA) is 136 Å². The van der Waals surface area contributed by atoms with Crippen molar-refractivity contribution in [3.63, 3.8) is 0 Å². The number of nitrogens with zero attached hydrogens (tertiary/aromatic N) is 2. The zero-order valence-electron chi connectivity index (χ0n) is 19.7. The molecular weight excluding hydrogens is 478 g/mol. The monoisotopic (exact) mass is 501 g/mol. The van der Waals surface area contributed by atoms with Gasteiger partial charge in [-0.25, -0.2) is 9.59 Å². The number of carbonyl (C=O) groups excluding carboxylic acids is 4. The first-order chi connectivity index (χ1) is 17.8. The van der Waals surface area contributed by atoms with Gasteiger partial charge in [-0.05, 0) is 54.9 Å². The van der Waals surface area contributed by atoms with Gasteiger partial charge in [0.15, 0.2) is 0 Å². The summed E-state index contributed by atoms with van der Waals surface area (Å²) >= 11 is 0. The molecule has 2 aromatic rings. The summed E-state index contributed by atoms with van der Waals surface area (Å²) in [6.07, 6.45) is 7.61. The summed E-state index contributed by atoms with van der Waals surface area (Å²) in [7, 11) is 0. The molecule has 37 heavy (non-hydrogen) atoms. The molecule has 2 aliphatic carbocycles. The molecule has 2 aromatic carbocycles. The number of rotatable bonds is 6. The van der Waals surface area contributed by atoms with E-state index in [1.165, 1.54) is 41.3 Å². The standard InChI is InChI=1S/C27H23N3O7/c31-24(11-9-16-4-3-6-20(13-16)30(35)36)37-23-7-2-1-5-19(23)15-21-25(32)28-27(34)29(26(21)33)22-14-17-8-10-18(22)12-17/h1-7,9,11,13,15,17-18,22H,8,10,12,14H2,(H,28,32,34)/b11-9+,21-15-/t17-,18-,22+/m0/s1. The quantitative estimate of drug-likeness (QED) is 0.158. The highest BCUT2D eigenvalue weighted by molar-refractivity contribution is 6.31. The van der Waals surface area contributed by atoms with Crippen LogP contribution in [0, 0.1) is 22.0 Å². The van der Waals surface area contributed by atoms with Crippen LogP contribution in [0.3, 0.4) is 0 Å². The molecule has 0 unspecified atom stereocenters. The number of carbonyl (C=O) groups is 4. The number of nitrogens with one attached hydrogen (secondary N) is 1. The summed E-state index contributed by atoms with van der Waals surface area (Å²) in [6.45, 7) is 0. The van der Waals surface area contributed by atoms with Crippen molar-refractivity contribution in [3.05, 3.63) is 81.4 Å². The maximum Gasteiger partial charge on any atom is 0.336 e. The van der Waals surface area contributed by atoms with Gasteiger partial charge in [-0.1, -0.05) is 36.8 Å². The molecule has 3 atom stereocenters. The van der Waals surface area contributed by atoms with E-state index < -0.39 is 28.7 Å². The molecule has 2 saturated carbocycles. The second-order valence-electron chi connectivity index (χ2n) is 9.38. The van der Waals surface area contributed by atoms with E-state index in [0.717, 1.165) is 31.8 Å². The van der Waals surface area contributed by atoms with Crippen molar-refractivity contribution in [2.45, 2.75) is 31.7 Å². The van der Waals surface area contributed by atoms with Crippen molar-refractivity contribution in [1.82, 2.24) is 10.2 Å². The molecule has 1 N–H and O–H groups in total. The van der Waals surface area contributed by atoms with Gasteiger partial charge in [0.05, 0.1) is 4.92 Å². The second kappa shape index (κ2) is 9.81. The van der Waals surface area contributed by atoms with E-state index in [2.05, 4.69) is 5.32 Å². The molecule has 0 radical (unpaired) electrons. The summed E-state index contributed by atoms with van der Waals surface area (Å²) in [5.74, 6) is -1.36. The molecule has 10 nitrogen and oxygen atoms in total. The minimum atomic E-state index is -0.805. The Kier molecular flexibility index (Phi) is 6.39. The van der Waals surface area contributed by atoms with Gasteiger partial charge in [0.25, 0.3) is 17.5 Å². The van der Waals surface area contributed by atoms with Gasteiger partial charge in [0.1, 0.15) is 11.3 Å².